The zero-order chi connectivity index (χ0) is 22.8. The maximum Gasteiger partial charge on any atom is 0.257 e. The van der Waals surface area contributed by atoms with Crippen LogP contribution in [0.4, 0.5) is 16.3 Å². The number of nitrogens with one attached hydrogen (secondary N) is 1. The number of carbonyl (C=O) groups excluding carboxylic acids is 1. The smallest absolute Gasteiger partial charge is 0.257 e. The predicted octanol–water partition coefficient (Wildman–Crippen LogP) is 3.20. The molecule has 1 aromatic carbocycles. The first-order chi connectivity index (χ1) is 16.1. The second-order valence-electron chi connectivity index (χ2n) is 7.57. The van der Waals surface area contributed by atoms with Crippen LogP contribution >= 0.6 is 11.3 Å². The summed E-state index contributed by atoms with van der Waals surface area (Å²) in [6.45, 7) is 6.20. The van der Waals surface area contributed by atoms with Crippen LogP contribution in [0.1, 0.15) is 17.3 Å². The predicted molar refractivity (Wildman–Crippen MR) is 124 cm³/mol. The third-order valence-corrected chi connectivity index (χ3v) is 6.39. The lowest BCUT2D eigenvalue weighted by Crippen LogP contribution is -2.48. The molecular formula is C22H21FN8OS. The highest BCUT2D eigenvalue weighted by atomic mass is 32.1. The topological polar surface area (TPSA) is 100 Å². The molecule has 1 aliphatic heterocycles. The highest BCUT2D eigenvalue weighted by Gasteiger charge is 2.22. The van der Waals surface area contributed by atoms with E-state index in [-0.39, 0.29) is 23.5 Å². The number of fused-ring (bicyclic) bond motifs is 1. The fourth-order valence-corrected chi connectivity index (χ4v) is 4.35. The fourth-order valence-electron chi connectivity index (χ4n) is 3.69. The summed E-state index contributed by atoms with van der Waals surface area (Å²) in [4.78, 5) is 37.8. The van der Waals surface area contributed by atoms with Gasteiger partial charge in [-0.3, -0.25) is 10.1 Å². The van der Waals surface area contributed by atoms with Crippen molar-refractivity contribution < 1.29 is 9.18 Å². The average Bonchev–Trinajstić information content (AvgIpc) is 3.33. The number of benzene rings is 1. The van der Waals surface area contributed by atoms with Gasteiger partial charge in [-0.1, -0.05) is 13.0 Å². The Morgan fingerprint density at radius 1 is 1.06 bits per heavy atom. The summed E-state index contributed by atoms with van der Waals surface area (Å²) in [7, 11) is 0. The Morgan fingerprint density at radius 3 is 2.58 bits per heavy atom. The van der Waals surface area contributed by atoms with Crippen LogP contribution in [0, 0.1) is 5.82 Å². The lowest BCUT2D eigenvalue weighted by Gasteiger charge is -2.33. The van der Waals surface area contributed by atoms with Crippen LogP contribution in [-0.2, 0) is 0 Å². The van der Waals surface area contributed by atoms with Crippen molar-refractivity contribution in [2.45, 2.75) is 6.92 Å². The lowest BCUT2D eigenvalue weighted by molar-refractivity contribution is 0.0642. The normalized spacial score (nSPS) is 14.5. The molecule has 5 rings (SSSR count). The van der Waals surface area contributed by atoms with Gasteiger partial charge in [0.25, 0.3) is 5.91 Å². The van der Waals surface area contributed by atoms with E-state index in [0.717, 1.165) is 36.0 Å². The molecule has 4 heterocycles. The summed E-state index contributed by atoms with van der Waals surface area (Å²) in [5.74, 6) is -0.260. The van der Waals surface area contributed by atoms with Gasteiger partial charge in [0, 0.05) is 44.1 Å². The first-order valence-corrected chi connectivity index (χ1v) is 11.5. The molecule has 0 saturated carbocycles. The molecule has 0 unspecified atom stereocenters. The second-order valence-corrected chi connectivity index (χ2v) is 8.46. The molecule has 0 atom stereocenters. The van der Waals surface area contributed by atoms with E-state index in [1.165, 1.54) is 23.7 Å². The van der Waals surface area contributed by atoms with E-state index >= 15 is 0 Å². The summed E-state index contributed by atoms with van der Waals surface area (Å²) < 4.78 is 15.5. The molecule has 1 fully saturated rings. The van der Waals surface area contributed by atoms with Crippen LogP contribution in [0.2, 0.25) is 0 Å². The number of nitrogens with zero attached hydrogens (tertiary/aromatic N) is 7. The van der Waals surface area contributed by atoms with E-state index in [0.29, 0.717) is 24.2 Å². The monoisotopic (exact) mass is 464 g/mol. The molecule has 1 aliphatic rings. The van der Waals surface area contributed by atoms with Crippen molar-refractivity contribution >= 4 is 39.4 Å². The van der Waals surface area contributed by atoms with E-state index < -0.39 is 5.82 Å². The van der Waals surface area contributed by atoms with Crippen LogP contribution < -0.4 is 5.32 Å². The molecule has 168 valence electrons. The molecule has 9 nitrogen and oxygen atoms in total. The van der Waals surface area contributed by atoms with Gasteiger partial charge in [0.1, 0.15) is 5.69 Å². The first kappa shape index (κ1) is 21.3. The highest BCUT2D eigenvalue weighted by molar-refractivity contribution is 7.16. The Morgan fingerprint density at radius 2 is 1.82 bits per heavy atom. The van der Waals surface area contributed by atoms with Crippen molar-refractivity contribution in [2.75, 3.05) is 38.0 Å². The van der Waals surface area contributed by atoms with Gasteiger partial charge in [0.15, 0.2) is 5.82 Å². The third-order valence-electron chi connectivity index (χ3n) is 5.58. The summed E-state index contributed by atoms with van der Waals surface area (Å²) in [6, 6.07) is 5.48. The van der Waals surface area contributed by atoms with Gasteiger partial charge in [0.05, 0.1) is 27.5 Å². The molecule has 1 N–H and O–H groups in total. The van der Waals surface area contributed by atoms with Gasteiger partial charge in [-0.05, 0) is 18.7 Å². The maximum atomic E-state index is 14.4. The van der Waals surface area contributed by atoms with Crippen LogP contribution in [0.25, 0.3) is 21.5 Å². The molecule has 3 aromatic heterocycles. The maximum absolute atomic E-state index is 14.4. The van der Waals surface area contributed by atoms with Crippen LogP contribution in [-0.4, -0.2) is 73.4 Å². The number of rotatable bonds is 5. The molecule has 1 saturated heterocycles. The number of halogens is 1. The second kappa shape index (κ2) is 9.12. The first-order valence-electron chi connectivity index (χ1n) is 10.6. The Balaban J connectivity index is 1.30. The largest absolute Gasteiger partial charge is 0.336 e. The van der Waals surface area contributed by atoms with E-state index in [2.05, 4.69) is 42.1 Å². The van der Waals surface area contributed by atoms with Crippen LogP contribution in [0.5, 0.6) is 0 Å². The average molecular weight is 465 g/mol. The highest BCUT2D eigenvalue weighted by Crippen LogP contribution is 2.27. The van der Waals surface area contributed by atoms with E-state index in [1.54, 1.807) is 17.6 Å². The van der Waals surface area contributed by atoms with E-state index in [4.69, 9.17) is 0 Å². The standard InChI is InChI=1S/C22H21FN8OS/c1-2-30-5-7-31(8-6-30)20(32)15-10-24-21(25-11-15)29-22-26-12-16(23)19(28-22)14-3-4-18-17(9-14)27-13-33-18/h3-4,9-13H,2,5-8H2,1H3,(H,24,25,26,28,29). The van der Waals surface area contributed by atoms with E-state index in [9.17, 15) is 9.18 Å². The van der Waals surface area contributed by atoms with Crippen molar-refractivity contribution in [1.82, 2.24) is 34.7 Å². The van der Waals surface area contributed by atoms with Gasteiger partial charge in [-0.2, -0.15) is 0 Å². The van der Waals surface area contributed by atoms with Crippen LogP contribution in [0.3, 0.4) is 0 Å². The number of carbonyl (C=O) groups is 1. The Hall–Kier alpha value is -3.57. The summed E-state index contributed by atoms with van der Waals surface area (Å²) in [5.41, 5.74) is 3.70. The molecule has 1 amide bonds. The number of thiazole rings is 1. The summed E-state index contributed by atoms with van der Waals surface area (Å²) >= 11 is 1.52. The zero-order valence-corrected chi connectivity index (χ0v) is 18.7. The van der Waals surface area contributed by atoms with Gasteiger partial charge in [-0.25, -0.2) is 29.3 Å². The summed E-state index contributed by atoms with van der Waals surface area (Å²) in [5, 5.41) is 2.88. The van der Waals surface area contributed by atoms with Crippen molar-refractivity contribution in [3.8, 4) is 11.3 Å². The molecule has 0 radical (unpaired) electrons. The van der Waals surface area contributed by atoms with Crippen molar-refractivity contribution in [1.29, 1.82) is 0 Å². The lowest BCUT2D eigenvalue weighted by atomic mass is 10.1. The molecule has 33 heavy (non-hydrogen) atoms. The number of hydrogen-bond acceptors (Lipinski definition) is 9. The van der Waals surface area contributed by atoms with Crippen molar-refractivity contribution in [3.05, 3.63) is 53.7 Å². The molecular weight excluding hydrogens is 443 g/mol. The molecule has 11 heteroatoms. The molecule has 4 aromatic rings. The number of likely N-dealkylation sites (N-methyl/N-ethyl adjacent to an activating group) is 1. The molecule has 0 aliphatic carbocycles. The molecule has 0 spiro atoms. The van der Waals surface area contributed by atoms with E-state index in [1.807, 2.05) is 11.0 Å². The van der Waals surface area contributed by atoms with Gasteiger partial charge >= 0.3 is 0 Å². The Labute approximate surface area is 193 Å². The summed E-state index contributed by atoms with van der Waals surface area (Å²) in [6.07, 6.45) is 4.05. The van der Waals surface area contributed by atoms with Crippen molar-refractivity contribution in [3.63, 3.8) is 0 Å². The quantitative estimate of drug-likeness (QED) is 0.481. The number of aromatic nitrogens is 5. The van der Waals surface area contributed by atoms with Crippen molar-refractivity contribution in [2.24, 2.45) is 0 Å². The Bertz CT molecular complexity index is 1290. The van der Waals surface area contributed by atoms with Gasteiger partial charge in [0.2, 0.25) is 11.9 Å². The number of hydrogen-bond donors (Lipinski definition) is 1. The number of piperazine rings is 1. The van der Waals surface area contributed by atoms with Gasteiger partial charge < -0.3 is 9.80 Å². The molecule has 0 bridgehead atoms. The number of anilines is 2. The minimum atomic E-state index is -0.542. The Kier molecular flexibility index (Phi) is 5.88. The SMILES string of the molecule is CCN1CCN(C(=O)c2cnc(Nc3ncc(F)c(-c4ccc5scnc5c4)n3)nc2)CC1. The number of amides is 1. The van der Waals surface area contributed by atoms with Crippen LogP contribution in [0.15, 0.2) is 42.3 Å². The minimum absolute atomic E-state index is 0.0879. The zero-order valence-electron chi connectivity index (χ0n) is 17.9. The third kappa shape index (κ3) is 4.50. The van der Waals surface area contributed by atoms with Gasteiger partial charge in [-0.15, -0.1) is 11.3 Å². The fraction of sp³-hybridized carbons (Fsp3) is 0.273. The minimum Gasteiger partial charge on any atom is -0.336 e.